The van der Waals surface area contributed by atoms with Crippen molar-refractivity contribution in [3.8, 4) is 28.3 Å². The minimum Gasteiger partial charge on any atom is -0.481 e. The number of fused-ring (bicyclic) bond motifs is 1. The Morgan fingerprint density at radius 1 is 1.20 bits per heavy atom. The molecule has 0 unspecified atom stereocenters. The number of anilines is 1. The van der Waals surface area contributed by atoms with Gasteiger partial charge in [0.15, 0.2) is 0 Å². The summed E-state index contributed by atoms with van der Waals surface area (Å²) in [5, 5.41) is 5.28. The summed E-state index contributed by atoms with van der Waals surface area (Å²) in [7, 11) is 1.55. The van der Waals surface area contributed by atoms with Crippen molar-refractivity contribution in [3.63, 3.8) is 0 Å². The van der Waals surface area contributed by atoms with Crippen molar-refractivity contribution in [1.29, 1.82) is 0 Å². The van der Waals surface area contributed by atoms with Crippen LogP contribution in [0.4, 0.5) is 15.1 Å². The Balaban J connectivity index is 1.87. The van der Waals surface area contributed by atoms with Crippen LogP contribution < -0.4 is 15.4 Å². The summed E-state index contributed by atoms with van der Waals surface area (Å²) in [6, 6.07) is 9.75. The SMILES string of the molecule is CCNC(=O)Nc1nc2c(-c3ncccc3F)cc(-c3ccc(OC)nc3)cc2[nH]1. The van der Waals surface area contributed by atoms with E-state index in [1.165, 1.54) is 18.3 Å². The number of urea groups is 1. The molecule has 152 valence electrons. The van der Waals surface area contributed by atoms with Gasteiger partial charge in [-0.3, -0.25) is 10.3 Å². The molecule has 3 aromatic heterocycles. The molecule has 0 aliphatic heterocycles. The van der Waals surface area contributed by atoms with Crippen molar-refractivity contribution < 1.29 is 13.9 Å². The van der Waals surface area contributed by atoms with E-state index in [0.29, 0.717) is 29.0 Å². The number of ether oxygens (including phenoxy) is 1. The standard InChI is InChI=1S/C21H19FN6O2/c1-3-23-21(29)28-20-26-16-10-13(12-6-7-17(30-2)25-11-12)9-14(19(16)27-20)18-15(22)5-4-8-24-18/h4-11H,3H2,1-2H3,(H3,23,26,27,28,29). The first kappa shape index (κ1) is 19.3. The van der Waals surface area contributed by atoms with Crippen LogP contribution in [0.3, 0.4) is 0 Å². The van der Waals surface area contributed by atoms with Gasteiger partial charge in [0.2, 0.25) is 11.8 Å². The van der Waals surface area contributed by atoms with E-state index < -0.39 is 5.82 Å². The number of imidazole rings is 1. The zero-order valence-electron chi connectivity index (χ0n) is 16.4. The van der Waals surface area contributed by atoms with E-state index in [-0.39, 0.29) is 17.7 Å². The lowest BCUT2D eigenvalue weighted by Crippen LogP contribution is -2.28. The molecular weight excluding hydrogens is 387 g/mol. The number of aromatic amines is 1. The van der Waals surface area contributed by atoms with Crippen LogP contribution in [-0.4, -0.2) is 39.6 Å². The highest BCUT2D eigenvalue weighted by Crippen LogP contribution is 2.34. The second-order valence-corrected chi connectivity index (χ2v) is 6.41. The summed E-state index contributed by atoms with van der Waals surface area (Å²) in [6.45, 7) is 2.29. The normalized spacial score (nSPS) is 10.8. The fraction of sp³-hybridized carbons (Fsp3) is 0.143. The predicted molar refractivity (Wildman–Crippen MR) is 112 cm³/mol. The molecule has 0 aliphatic carbocycles. The number of halogens is 1. The molecule has 4 aromatic rings. The molecule has 9 heteroatoms. The average molecular weight is 406 g/mol. The first-order valence-corrected chi connectivity index (χ1v) is 9.29. The molecule has 8 nitrogen and oxygen atoms in total. The third-order valence-corrected chi connectivity index (χ3v) is 4.45. The van der Waals surface area contributed by atoms with Crippen LogP contribution in [0.1, 0.15) is 6.92 Å². The van der Waals surface area contributed by atoms with E-state index in [1.54, 1.807) is 25.4 Å². The zero-order valence-corrected chi connectivity index (χ0v) is 16.4. The second kappa shape index (κ2) is 8.16. The van der Waals surface area contributed by atoms with Crippen LogP contribution in [0.2, 0.25) is 0 Å². The number of nitrogens with one attached hydrogen (secondary N) is 3. The zero-order chi connectivity index (χ0) is 21.1. The minimum absolute atomic E-state index is 0.168. The number of benzene rings is 1. The Labute approximate surface area is 171 Å². The number of amides is 2. The fourth-order valence-electron chi connectivity index (χ4n) is 3.09. The van der Waals surface area contributed by atoms with Crippen LogP contribution in [0, 0.1) is 5.82 Å². The van der Waals surface area contributed by atoms with E-state index >= 15 is 0 Å². The molecule has 30 heavy (non-hydrogen) atoms. The molecule has 1 aromatic carbocycles. The van der Waals surface area contributed by atoms with Gasteiger partial charge in [-0.2, -0.15) is 0 Å². The number of rotatable bonds is 5. The molecule has 3 heterocycles. The molecule has 0 bridgehead atoms. The second-order valence-electron chi connectivity index (χ2n) is 6.41. The highest BCUT2D eigenvalue weighted by molar-refractivity contribution is 5.98. The Hall–Kier alpha value is -4.01. The summed E-state index contributed by atoms with van der Waals surface area (Å²) in [5.41, 5.74) is 3.37. The van der Waals surface area contributed by atoms with E-state index in [1.807, 2.05) is 19.1 Å². The first-order valence-electron chi connectivity index (χ1n) is 9.29. The molecule has 0 atom stereocenters. The maximum Gasteiger partial charge on any atom is 0.321 e. The number of aromatic nitrogens is 4. The maximum atomic E-state index is 14.5. The van der Waals surface area contributed by atoms with E-state index in [9.17, 15) is 9.18 Å². The number of pyridine rings is 2. The van der Waals surface area contributed by atoms with Gasteiger partial charge >= 0.3 is 6.03 Å². The Bertz CT molecular complexity index is 1210. The van der Waals surface area contributed by atoms with Gasteiger partial charge in [-0.05, 0) is 42.8 Å². The fourth-order valence-corrected chi connectivity index (χ4v) is 3.09. The van der Waals surface area contributed by atoms with Crippen molar-refractivity contribution in [1.82, 2.24) is 25.3 Å². The lowest BCUT2D eigenvalue weighted by Gasteiger charge is -2.08. The number of hydrogen-bond acceptors (Lipinski definition) is 5. The monoisotopic (exact) mass is 406 g/mol. The van der Waals surface area contributed by atoms with Gasteiger partial charge < -0.3 is 15.0 Å². The van der Waals surface area contributed by atoms with Gasteiger partial charge in [0.25, 0.3) is 0 Å². The Morgan fingerprint density at radius 2 is 2.07 bits per heavy atom. The lowest BCUT2D eigenvalue weighted by molar-refractivity contribution is 0.252. The van der Waals surface area contributed by atoms with Gasteiger partial charge in [-0.1, -0.05) is 0 Å². The molecule has 0 fully saturated rings. The average Bonchev–Trinajstić information content (AvgIpc) is 3.16. The van der Waals surface area contributed by atoms with Crippen LogP contribution in [0.5, 0.6) is 5.88 Å². The summed E-state index contributed by atoms with van der Waals surface area (Å²) < 4.78 is 19.7. The molecule has 3 N–H and O–H groups in total. The van der Waals surface area contributed by atoms with Crippen LogP contribution in [0.25, 0.3) is 33.4 Å². The number of carbonyl (C=O) groups is 1. The molecule has 2 amide bonds. The molecule has 0 spiro atoms. The van der Waals surface area contributed by atoms with E-state index in [2.05, 4.69) is 30.6 Å². The Kier molecular flexibility index (Phi) is 5.25. The summed E-state index contributed by atoms with van der Waals surface area (Å²) in [6.07, 6.45) is 3.19. The van der Waals surface area contributed by atoms with Gasteiger partial charge in [0.05, 0.1) is 12.6 Å². The van der Waals surface area contributed by atoms with Gasteiger partial charge in [0.1, 0.15) is 17.0 Å². The summed E-state index contributed by atoms with van der Waals surface area (Å²) in [5.74, 6) is 0.273. The van der Waals surface area contributed by atoms with Crippen LogP contribution >= 0.6 is 0 Å². The van der Waals surface area contributed by atoms with Crippen molar-refractivity contribution >= 4 is 23.0 Å². The molecule has 4 rings (SSSR count). The maximum absolute atomic E-state index is 14.5. The predicted octanol–water partition coefficient (Wildman–Crippen LogP) is 3.98. The van der Waals surface area contributed by atoms with Crippen LogP contribution in [0.15, 0.2) is 48.8 Å². The number of nitrogens with zero attached hydrogens (tertiary/aromatic N) is 3. The number of H-pyrrole nitrogens is 1. The third-order valence-electron chi connectivity index (χ3n) is 4.45. The number of methoxy groups -OCH3 is 1. The van der Waals surface area contributed by atoms with Crippen molar-refractivity contribution in [2.75, 3.05) is 19.0 Å². The van der Waals surface area contributed by atoms with Crippen molar-refractivity contribution in [2.45, 2.75) is 6.92 Å². The van der Waals surface area contributed by atoms with Crippen molar-refractivity contribution in [2.24, 2.45) is 0 Å². The largest absolute Gasteiger partial charge is 0.481 e. The molecule has 0 aliphatic rings. The molecule has 0 radical (unpaired) electrons. The third kappa shape index (κ3) is 3.77. The van der Waals surface area contributed by atoms with Gasteiger partial charge in [-0.15, -0.1) is 0 Å². The highest BCUT2D eigenvalue weighted by atomic mass is 19.1. The minimum atomic E-state index is -0.468. The number of carbonyl (C=O) groups excluding carboxylic acids is 1. The molecule has 0 saturated carbocycles. The highest BCUT2D eigenvalue weighted by Gasteiger charge is 2.17. The van der Waals surface area contributed by atoms with E-state index in [0.717, 1.165) is 11.1 Å². The van der Waals surface area contributed by atoms with Gasteiger partial charge in [0, 0.05) is 36.1 Å². The molecular formula is C21H19FN6O2. The smallest absolute Gasteiger partial charge is 0.321 e. The lowest BCUT2D eigenvalue weighted by atomic mass is 10.0. The van der Waals surface area contributed by atoms with Crippen LogP contribution in [-0.2, 0) is 0 Å². The first-order chi connectivity index (χ1) is 14.6. The molecule has 0 saturated heterocycles. The van der Waals surface area contributed by atoms with Crippen molar-refractivity contribution in [3.05, 3.63) is 54.6 Å². The topological polar surface area (TPSA) is 105 Å². The quantitative estimate of drug-likeness (QED) is 0.465. The number of hydrogen-bond donors (Lipinski definition) is 3. The van der Waals surface area contributed by atoms with E-state index in [4.69, 9.17) is 4.74 Å². The van der Waals surface area contributed by atoms with Gasteiger partial charge in [-0.25, -0.2) is 19.2 Å². The Morgan fingerprint density at radius 3 is 2.77 bits per heavy atom. The summed E-state index contributed by atoms with van der Waals surface area (Å²) in [4.78, 5) is 27.8. The summed E-state index contributed by atoms with van der Waals surface area (Å²) >= 11 is 0.